The zero-order valence-electron chi connectivity index (χ0n) is 10.7. The summed E-state index contributed by atoms with van der Waals surface area (Å²) in [5, 5.41) is 12.9. The predicted molar refractivity (Wildman–Crippen MR) is 74.6 cm³/mol. The Morgan fingerprint density at radius 3 is 2.68 bits per heavy atom. The standard InChI is InChI=1S/C16H14N2O/c1-13(16-9-5-8-15(10-16)11-17)18-19-12-14-6-3-2-4-7-14/h2-10H,12H2,1H3/b18-13+. The lowest BCUT2D eigenvalue weighted by atomic mass is 10.1. The molecule has 0 N–H and O–H groups in total. The first-order chi connectivity index (χ1) is 9.29. The van der Waals surface area contributed by atoms with Gasteiger partial charge >= 0.3 is 0 Å². The van der Waals surface area contributed by atoms with Crippen LogP contribution in [0.2, 0.25) is 0 Å². The van der Waals surface area contributed by atoms with Crippen LogP contribution in [0.15, 0.2) is 59.8 Å². The van der Waals surface area contributed by atoms with Crippen molar-refractivity contribution in [3.05, 3.63) is 71.3 Å². The van der Waals surface area contributed by atoms with E-state index in [1.807, 2.05) is 49.4 Å². The highest BCUT2D eigenvalue weighted by molar-refractivity contribution is 5.98. The highest BCUT2D eigenvalue weighted by Crippen LogP contribution is 2.07. The van der Waals surface area contributed by atoms with Crippen LogP contribution in [-0.2, 0) is 11.4 Å². The number of benzene rings is 2. The minimum Gasteiger partial charge on any atom is -0.391 e. The van der Waals surface area contributed by atoms with Gasteiger partial charge < -0.3 is 4.84 Å². The van der Waals surface area contributed by atoms with Gasteiger partial charge in [-0.3, -0.25) is 0 Å². The number of hydrogen-bond acceptors (Lipinski definition) is 3. The molecule has 0 aromatic heterocycles. The van der Waals surface area contributed by atoms with Crippen molar-refractivity contribution in [2.45, 2.75) is 13.5 Å². The predicted octanol–water partition coefficient (Wildman–Crippen LogP) is 3.50. The highest BCUT2D eigenvalue weighted by Gasteiger charge is 1.99. The molecule has 3 heteroatoms. The van der Waals surface area contributed by atoms with E-state index in [0.717, 1.165) is 16.8 Å². The number of nitriles is 1. The van der Waals surface area contributed by atoms with Gasteiger partial charge in [0, 0.05) is 5.56 Å². The van der Waals surface area contributed by atoms with Gasteiger partial charge in [-0.2, -0.15) is 5.26 Å². The Bertz CT molecular complexity index is 612. The fourth-order valence-electron chi connectivity index (χ4n) is 1.64. The number of nitrogens with zero attached hydrogens (tertiary/aromatic N) is 2. The van der Waals surface area contributed by atoms with E-state index in [1.165, 1.54) is 0 Å². The molecule has 0 saturated heterocycles. The highest BCUT2D eigenvalue weighted by atomic mass is 16.6. The minimum atomic E-state index is 0.441. The fraction of sp³-hybridized carbons (Fsp3) is 0.125. The van der Waals surface area contributed by atoms with Crippen molar-refractivity contribution < 1.29 is 4.84 Å². The Balaban J connectivity index is 2.01. The van der Waals surface area contributed by atoms with Crippen LogP contribution in [0.25, 0.3) is 0 Å². The molecule has 0 aliphatic heterocycles. The third kappa shape index (κ3) is 3.68. The van der Waals surface area contributed by atoms with E-state index in [1.54, 1.807) is 12.1 Å². The van der Waals surface area contributed by atoms with Gasteiger partial charge in [0.1, 0.15) is 6.61 Å². The van der Waals surface area contributed by atoms with E-state index >= 15 is 0 Å². The lowest BCUT2D eigenvalue weighted by Crippen LogP contribution is -1.97. The van der Waals surface area contributed by atoms with E-state index in [4.69, 9.17) is 10.1 Å². The third-order valence-corrected chi connectivity index (χ3v) is 2.68. The van der Waals surface area contributed by atoms with Gasteiger partial charge in [0.25, 0.3) is 0 Å². The summed E-state index contributed by atoms with van der Waals surface area (Å²) in [5.74, 6) is 0. The Kier molecular flexibility index (Phi) is 4.30. The molecule has 94 valence electrons. The molecule has 0 radical (unpaired) electrons. The molecular weight excluding hydrogens is 236 g/mol. The van der Waals surface area contributed by atoms with Crippen LogP contribution in [0.4, 0.5) is 0 Å². The van der Waals surface area contributed by atoms with E-state index in [0.29, 0.717) is 12.2 Å². The van der Waals surface area contributed by atoms with Gasteiger partial charge in [0.15, 0.2) is 0 Å². The molecule has 0 aliphatic carbocycles. The molecule has 0 unspecified atom stereocenters. The fourth-order valence-corrected chi connectivity index (χ4v) is 1.64. The van der Waals surface area contributed by atoms with E-state index in [9.17, 15) is 0 Å². The van der Waals surface area contributed by atoms with Crippen LogP contribution in [0.1, 0.15) is 23.6 Å². The van der Waals surface area contributed by atoms with Gasteiger partial charge in [0.2, 0.25) is 0 Å². The van der Waals surface area contributed by atoms with Gasteiger partial charge in [-0.25, -0.2) is 0 Å². The van der Waals surface area contributed by atoms with Gasteiger partial charge in [-0.1, -0.05) is 47.6 Å². The second kappa shape index (κ2) is 6.36. The van der Waals surface area contributed by atoms with Gasteiger partial charge in [-0.15, -0.1) is 0 Å². The number of oxime groups is 1. The molecular formula is C16H14N2O. The van der Waals surface area contributed by atoms with Crippen LogP contribution in [0.3, 0.4) is 0 Å². The lowest BCUT2D eigenvalue weighted by molar-refractivity contribution is 0.130. The van der Waals surface area contributed by atoms with Crippen molar-refractivity contribution in [3.63, 3.8) is 0 Å². The molecule has 0 atom stereocenters. The first kappa shape index (κ1) is 12.8. The molecule has 2 rings (SSSR count). The van der Waals surface area contributed by atoms with Crippen molar-refractivity contribution in [1.29, 1.82) is 5.26 Å². The second-order valence-corrected chi connectivity index (χ2v) is 4.13. The smallest absolute Gasteiger partial charge is 0.142 e. The van der Waals surface area contributed by atoms with Crippen LogP contribution >= 0.6 is 0 Å². The van der Waals surface area contributed by atoms with Crippen molar-refractivity contribution >= 4 is 5.71 Å². The van der Waals surface area contributed by atoms with Crippen LogP contribution < -0.4 is 0 Å². The molecule has 0 saturated carbocycles. The number of rotatable bonds is 4. The molecule has 0 bridgehead atoms. The summed E-state index contributed by atoms with van der Waals surface area (Å²) in [5.41, 5.74) is 3.35. The van der Waals surface area contributed by atoms with Gasteiger partial charge in [-0.05, 0) is 24.6 Å². The van der Waals surface area contributed by atoms with Crippen LogP contribution in [-0.4, -0.2) is 5.71 Å². The molecule has 0 spiro atoms. The molecule has 2 aromatic carbocycles. The van der Waals surface area contributed by atoms with Crippen molar-refractivity contribution in [2.75, 3.05) is 0 Å². The zero-order chi connectivity index (χ0) is 13.5. The SMILES string of the molecule is C/C(=N\OCc1ccccc1)c1cccc(C#N)c1. The Morgan fingerprint density at radius 1 is 1.16 bits per heavy atom. The second-order valence-electron chi connectivity index (χ2n) is 4.13. The molecule has 0 fully saturated rings. The summed E-state index contributed by atoms with van der Waals surface area (Å²) in [7, 11) is 0. The van der Waals surface area contributed by atoms with Gasteiger partial charge in [0.05, 0.1) is 17.3 Å². The summed E-state index contributed by atoms with van der Waals surface area (Å²) in [6, 6.07) is 19.3. The maximum absolute atomic E-state index is 8.85. The maximum Gasteiger partial charge on any atom is 0.142 e. The summed E-state index contributed by atoms with van der Waals surface area (Å²) >= 11 is 0. The first-order valence-electron chi connectivity index (χ1n) is 6.00. The topological polar surface area (TPSA) is 45.4 Å². The quantitative estimate of drug-likeness (QED) is 0.615. The zero-order valence-corrected chi connectivity index (χ0v) is 10.7. The summed E-state index contributed by atoms with van der Waals surface area (Å²) < 4.78 is 0. The van der Waals surface area contributed by atoms with E-state index in [2.05, 4.69) is 11.2 Å². The lowest BCUT2D eigenvalue weighted by Gasteiger charge is -2.03. The monoisotopic (exact) mass is 250 g/mol. The van der Waals surface area contributed by atoms with E-state index in [-0.39, 0.29) is 0 Å². The largest absolute Gasteiger partial charge is 0.391 e. The summed E-state index contributed by atoms with van der Waals surface area (Å²) in [6.07, 6.45) is 0. The molecule has 0 heterocycles. The Morgan fingerprint density at radius 2 is 1.95 bits per heavy atom. The van der Waals surface area contributed by atoms with Crippen molar-refractivity contribution in [1.82, 2.24) is 0 Å². The molecule has 19 heavy (non-hydrogen) atoms. The average Bonchev–Trinajstić information content (AvgIpc) is 2.48. The average molecular weight is 250 g/mol. The van der Waals surface area contributed by atoms with E-state index < -0.39 is 0 Å². The molecule has 3 nitrogen and oxygen atoms in total. The van der Waals surface area contributed by atoms with Crippen LogP contribution in [0.5, 0.6) is 0 Å². The van der Waals surface area contributed by atoms with Crippen molar-refractivity contribution in [2.24, 2.45) is 5.16 Å². The normalized spacial score (nSPS) is 10.8. The Hall–Kier alpha value is -2.60. The molecule has 0 aliphatic rings. The van der Waals surface area contributed by atoms with Crippen LogP contribution in [0, 0.1) is 11.3 Å². The third-order valence-electron chi connectivity index (χ3n) is 2.68. The maximum atomic E-state index is 8.85. The minimum absolute atomic E-state index is 0.441. The molecule has 2 aromatic rings. The van der Waals surface area contributed by atoms with Crippen molar-refractivity contribution in [3.8, 4) is 6.07 Å². The summed E-state index contributed by atoms with van der Waals surface area (Å²) in [4.78, 5) is 5.31. The Labute approximate surface area is 112 Å². The summed E-state index contributed by atoms with van der Waals surface area (Å²) in [6.45, 7) is 2.30. The molecule has 0 amide bonds. The number of hydrogen-bond donors (Lipinski definition) is 0. The first-order valence-corrected chi connectivity index (χ1v) is 6.00.